The van der Waals surface area contributed by atoms with Gasteiger partial charge < -0.3 is 9.73 Å². The zero-order valence-corrected chi connectivity index (χ0v) is 15.1. The molecule has 0 unspecified atom stereocenters. The highest BCUT2D eigenvalue weighted by atomic mass is 35.5. The first-order valence-corrected chi connectivity index (χ1v) is 9.84. The monoisotopic (exact) mass is 382 g/mol. The molecule has 8 heteroatoms. The van der Waals surface area contributed by atoms with Crippen molar-refractivity contribution >= 4 is 27.5 Å². The Hall–Kier alpha value is -1.83. The second-order valence-corrected chi connectivity index (χ2v) is 8.33. The van der Waals surface area contributed by atoms with Gasteiger partial charge >= 0.3 is 0 Å². The summed E-state index contributed by atoms with van der Waals surface area (Å²) in [4.78, 5) is 12.5. The number of piperidine rings is 1. The average Bonchev–Trinajstić information content (AvgIpc) is 3.14. The van der Waals surface area contributed by atoms with Gasteiger partial charge in [-0.2, -0.15) is 4.31 Å². The van der Waals surface area contributed by atoms with Gasteiger partial charge in [0, 0.05) is 18.1 Å². The third-order valence-corrected chi connectivity index (χ3v) is 6.35. The van der Waals surface area contributed by atoms with Crippen molar-refractivity contribution in [2.45, 2.75) is 24.3 Å². The molecule has 1 fully saturated rings. The molecule has 0 bridgehead atoms. The second-order valence-electron chi connectivity index (χ2n) is 5.95. The van der Waals surface area contributed by atoms with Crippen LogP contribution in [0.2, 0.25) is 5.02 Å². The quantitative estimate of drug-likeness (QED) is 0.862. The molecule has 1 aromatic heterocycles. The smallest absolute Gasteiger partial charge is 0.243 e. The summed E-state index contributed by atoms with van der Waals surface area (Å²) in [6.07, 6.45) is 2.85. The fourth-order valence-electron chi connectivity index (χ4n) is 2.86. The van der Waals surface area contributed by atoms with Gasteiger partial charge in [0.2, 0.25) is 15.9 Å². The minimum absolute atomic E-state index is 0.160. The number of nitrogens with one attached hydrogen (secondary N) is 1. The molecule has 1 atom stereocenters. The number of carbonyl (C=O) groups excluding carboxylic acids is 1. The number of benzene rings is 1. The summed E-state index contributed by atoms with van der Waals surface area (Å²) in [6.45, 7) is 0.883. The Kier molecular flexibility index (Phi) is 5.46. The standard InChI is InChI=1S/C17H19ClN2O4S/c18-14-5-7-16(8-6-14)25(22,23)20-9-1-3-13(12-20)17(21)19-11-15-4-2-10-24-15/h2,4-8,10,13H,1,3,9,11-12H2,(H,19,21)/t13-/m0/s1. The molecule has 1 aromatic carbocycles. The average molecular weight is 383 g/mol. The lowest BCUT2D eigenvalue weighted by Crippen LogP contribution is -2.45. The molecule has 0 radical (unpaired) electrons. The fourth-order valence-corrected chi connectivity index (χ4v) is 4.51. The molecular weight excluding hydrogens is 364 g/mol. The van der Waals surface area contributed by atoms with Crippen LogP contribution < -0.4 is 5.32 Å². The van der Waals surface area contributed by atoms with Gasteiger partial charge in [-0.1, -0.05) is 11.6 Å². The number of sulfonamides is 1. The van der Waals surface area contributed by atoms with E-state index in [9.17, 15) is 13.2 Å². The molecule has 1 aliphatic rings. The van der Waals surface area contributed by atoms with E-state index < -0.39 is 10.0 Å². The molecule has 6 nitrogen and oxygen atoms in total. The highest BCUT2D eigenvalue weighted by Gasteiger charge is 2.33. The Morgan fingerprint density at radius 3 is 2.72 bits per heavy atom. The van der Waals surface area contributed by atoms with E-state index in [1.165, 1.54) is 16.4 Å². The van der Waals surface area contributed by atoms with Crippen molar-refractivity contribution in [3.8, 4) is 0 Å². The third kappa shape index (κ3) is 4.23. The molecule has 134 valence electrons. The molecule has 1 saturated heterocycles. The molecule has 0 saturated carbocycles. The second kappa shape index (κ2) is 7.59. The highest BCUT2D eigenvalue weighted by Crippen LogP contribution is 2.25. The Balaban J connectivity index is 1.65. The van der Waals surface area contributed by atoms with Crippen LogP contribution in [0.3, 0.4) is 0 Å². The SMILES string of the molecule is O=C(NCc1ccco1)[C@H]1CCCN(S(=O)(=O)c2ccc(Cl)cc2)C1. The van der Waals surface area contributed by atoms with Crippen molar-refractivity contribution in [3.63, 3.8) is 0 Å². The predicted molar refractivity (Wildman–Crippen MR) is 93.5 cm³/mol. The number of hydrogen-bond donors (Lipinski definition) is 1. The lowest BCUT2D eigenvalue weighted by atomic mass is 9.99. The van der Waals surface area contributed by atoms with E-state index in [-0.39, 0.29) is 23.3 Å². The van der Waals surface area contributed by atoms with Crippen LogP contribution in [0.5, 0.6) is 0 Å². The van der Waals surface area contributed by atoms with Crippen LogP contribution in [0.15, 0.2) is 52.0 Å². The van der Waals surface area contributed by atoms with Crippen molar-refractivity contribution in [1.29, 1.82) is 0 Å². The van der Waals surface area contributed by atoms with Crippen LogP contribution in [0.1, 0.15) is 18.6 Å². The van der Waals surface area contributed by atoms with Gasteiger partial charge in [-0.3, -0.25) is 4.79 Å². The predicted octanol–water partition coefficient (Wildman–Crippen LogP) is 2.65. The molecule has 3 rings (SSSR count). The molecule has 2 heterocycles. The van der Waals surface area contributed by atoms with Gasteiger partial charge in [-0.15, -0.1) is 0 Å². The number of halogens is 1. The van der Waals surface area contributed by atoms with E-state index in [2.05, 4.69) is 5.32 Å². The number of furan rings is 1. The molecule has 25 heavy (non-hydrogen) atoms. The van der Waals surface area contributed by atoms with Crippen molar-refractivity contribution in [1.82, 2.24) is 9.62 Å². The summed E-state index contributed by atoms with van der Waals surface area (Å²) in [5.74, 6) is 0.132. The van der Waals surface area contributed by atoms with Crippen LogP contribution in [0, 0.1) is 5.92 Å². The first-order chi connectivity index (χ1) is 12.0. The van der Waals surface area contributed by atoms with Crippen molar-refractivity contribution in [2.75, 3.05) is 13.1 Å². The summed E-state index contributed by atoms with van der Waals surface area (Å²) in [6, 6.07) is 9.59. The third-order valence-electron chi connectivity index (χ3n) is 4.22. The lowest BCUT2D eigenvalue weighted by molar-refractivity contribution is -0.126. The van der Waals surface area contributed by atoms with Gasteiger partial charge in [0.05, 0.1) is 23.6 Å². The van der Waals surface area contributed by atoms with Crippen LogP contribution in [0.25, 0.3) is 0 Å². The first-order valence-electron chi connectivity index (χ1n) is 8.02. The van der Waals surface area contributed by atoms with E-state index >= 15 is 0 Å². The summed E-state index contributed by atoms with van der Waals surface area (Å²) < 4.78 is 32.0. The highest BCUT2D eigenvalue weighted by molar-refractivity contribution is 7.89. The molecule has 1 aliphatic heterocycles. The van der Waals surface area contributed by atoms with Crippen molar-refractivity contribution in [2.24, 2.45) is 5.92 Å². The molecular formula is C17H19ClN2O4S. The zero-order valence-electron chi connectivity index (χ0n) is 13.5. The van der Waals surface area contributed by atoms with E-state index in [0.717, 1.165) is 0 Å². The van der Waals surface area contributed by atoms with Crippen molar-refractivity contribution in [3.05, 3.63) is 53.4 Å². The number of carbonyl (C=O) groups is 1. The summed E-state index contributed by atoms with van der Waals surface area (Å²) in [5, 5.41) is 3.28. The largest absolute Gasteiger partial charge is 0.467 e. The van der Waals surface area contributed by atoms with Gasteiger partial charge in [-0.05, 0) is 49.2 Å². The summed E-state index contributed by atoms with van der Waals surface area (Å²) in [7, 11) is -3.63. The summed E-state index contributed by atoms with van der Waals surface area (Å²) >= 11 is 5.82. The van der Waals surface area contributed by atoms with E-state index in [0.29, 0.717) is 36.7 Å². The van der Waals surface area contributed by atoms with Gasteiger partial charge in [0.1, 0.15) is 5.76 Å². The fraction of sp³-hybridized carbons (Fsp3) is 0.353. The molecule has 1 amide bonds. The maximum atomic E-state index is 12.7. The Bertz CT molecular complexity index is 819. The molecule has 0 spiro atoms. The lowest BCUT2D eigenvalue weighted by Gasteiger charge is -2.31. The van der Waals surface area contributed by atoms with E-state index in [4.69, 9.17) is 16.0 Å². The van der Waals surface area contributed by atoms with Gasteiger partial charge in [-0.25, -0.2) is 8.42 Å². The molecule has 2 aromatic rings. The van der Waals surface area contributed by atoms with Gasteiger partial charge in [0.25, 0.3) is 0 Å². The molecule has 0 aliphatic carbocycles. The molecule has 1 N–H and O–H groups in total. The number of amides is 1. The van der Waals surface area contributed by atoms with Crippen LogP contribution >= 0.6 is 11.6 Å². The van der Waals surface area contributed by atoms with E-state index in [1.54, 1.807) is 30.5 Å². The van der Waals surface area contributed by atoms with Crippen LogP contribution in [0.4, 0.5) is 0 Å². The van der Waals surface area contributed by atoms with Crippen LogP contribution in [-0.4, -0.2) is 31.7 Å². The Morgan fingerprint density at radius 2 is 2.04 bits per heavy atom. The number of rotatable bonds is 5. The minimum atomic E-state index is -3.63. The summed E-state index contributed by atoms with van der Waals surface area (Å²) in [5.41, 5.74) is 0. The van der Waals surface area contributed by atoms with E-state index in [1.807, 2.05) is 0 Å². The maximum Gasteiger partial charge on any atom is 0.243 e. The minimum Gasteiger partial charge on any atom is -0.467 e. The Morgan fingerprint density at radius 1 is 1.28 bits per heavy atom. The van der Waals surface area contributed by atoms with Crippen molar-refractivity contribution < 1.29 is 17.6 Å². The first kappa shape index (κ1) is 18.0. The Labute approximate surface area is 151 Å². The maximum absolute atomic E-state index is 12.7. The number of hydrogen-bond acceptors (Lipinski definition) is 4. The zero-order chi connectivity index (χ0) is 17.9. The van der Waals surface area contributed by atoms with Gasteiger partial charge in [0.15, 0.2) is 0 Å². The number of nitrogens with zero attached hydrogens (tertiary/aromatic N) is 1. The normalized spacial score (nSPS) is 18.8. The van der Waals surface area contributed by atoms with Crippen LogP contribution in [-0.2, 0) is 21.4 Å². The topological polar surface area (TPSA) is 79.6 Å².